The Hall–Kier alpha value is -2.11. The monoisotopic (exact) mass is 259 g/mol. The number of H-pyrrole nitrogens is 1. The van der Waals surface area contributed by atoms with Gasteiger partial charge in [0.2, 0.25) is 0 Å². The van der Waals surface area contributed by atoms with E-state index in [1.165, 1.54) is 0 Å². The molecule has 99 valence electrons. The molecule has 0 spiro atoms. The molecule has 2 aromatic heterocycles. The van der Waals surface area contributed by atoms with E-state index in [1.54, 1.807) is 17.2 Å². The molecule has 0 aliphatic carbocycles. The molecule has 6 nitrogen and oxygen atoms in total. The van der Waals surface area contributed by atoms with E-state index >= 15 is 0 Å². The zero-order chi connectivity index (χ0) is 13.2. The average Bonchev–Trinajstić information content (AvgIpc) is 2.89. The standard InChI is InChI=1S/C13H15N4O2/c1-9-3-6-17(7-4-9)13(18)19-11-2-5-14-12-10(11)8-15-16-12/h2,8-9H,3-4,6-7H2,1H3,(H,14,15,16). The molecule has 0 atom stereocenters. The molecular formula is C13H15N4O2. The van der Waals surface area contributed by atoms with E-state index in [0.717, 1.165) is 25.9 Å². The third-order valence-electron chi connectivity index (χ3n) is 3.50. The van der Waals surface area contributed by atoms with Crippen LogP contribution in [0.5, 0.6) is 5.75 Å². The lowest BCUT2D eigenvalue weighted by atomic mass is 10.00. The number of hydrogen-bond donors (Lipinski definition) is 1. The lowest BCUT2D eigenvalue weighted by molar-refractivity contribution is 0.134. The second-order valence-corrected chi connectivity index (χ2v) is 4.92. The number of ether oxygens (including phenoxy) is 1. The first-order valence-electron chi connectivity index (χ1n) is 6.41. The van der Waals surface area contributed by atoms with Crippen LogP contribution in [0.25, 0.3) is 11.0 Å². The van der Waals surface area contributed by atoms with E-state index in [9.17, 15) is 4.79 Å². The van der Waals surface area contributed by atoms with Crippen molar-refractivity contribution in [1.29, 1.82) is 0 Å². The predicted molar refractivity (Wildman–Crippen MR) is 68.7 cm³/mol. The van der Waals surface area contributed by atoms with Gasteiger partial charge in [-0.1, -0.05) is 6.92 Å². The minimum absolute atomic E-state index is 0.311. The van der Waals surface area contributed by atoms with Crippen molar-refractivity contribution in [2.24, 2.45) is 5.92 Å². The first-order chi connectivity index (χ1) is 9.24. The van der Waals surface area contributed by atoms with Gasteiger partial charge in [0.1, 0.15) is 5.75 Å². The molecule has 1 radical (unpaired) electrons. The van der Waals surface area contributed by atoms with Crippen molar-refractivity contribution < 1.29 is 9.53 Å². The number of carbonyl (C=O) groups is 1. The van der Waals surface area contributed by atoms with Crippen LogP contribution < -0.4 is 4.74 Å². The van der Waals surface area contributed by atoms with Crippen molar-refractivity contribution in [2.75, 3.05) is 13.1 Å². The fourth-order valence-electron chi connectivity index (χ4n) is 2.21. The molecule has 1 aliphatic rings. The largest absolute Gasteiger partial charge is 0.415 e. The summed E-state index contributed by atoms with van der Waals surface area (Å²) >= 11 is 0. The highest BCUT2D eigenvalue weighted by molar-refractivity contribution is 5.84. The number of amides is 1. The minimum atomic E-state index is -0.311. The third-order valence-corrected chi connectivity index (χ3v) is 3.50. The quantitative estimate of drug-likeness (QED) is 0.850. The first kappa shape index (κ1) is 12.0. The first-order valence-corrected chi connectivity index (χ1v) is 6.41. The van der Waals surface area contributed by atoms with Gasteiger partial charge in [-0.2, -0.15) is 5.10 Å². The Morgan fingerprint density at radius 1 is 1.53 bits per heavy atom. The maximum Gasteiger partial charge on any atom is 0.415 e. The Labute approximate surface area is 110 Å². The number of rotatable bonds is 1. The Kier molecular flexibility index (Phi) is 3.06. The van der Waals surface area contributed by atoms with Crippen LogP contribution in [0.2, 0.25) is 0 Å². The van der Waals surface area contributed by atoms with Gasteiger partial charge in [0.05, 0.1) is 17.8 Å². The lowest BCUT2D eigenvalue weighted by Crippen LogP contribution is -2.39. The van der Waals surface area contributed by atoms with Gasteiger partial charge in [0.15, 0.2) is 5.65 Å². The van der Waals surface area contributed by atoms with Gasteiger partial charge in [0.25, 0.3) is 0 Å². The number of nitrogens with one attached hydrogen (secondary N) is 1. The van der Waals surface area contributed by atoms with E-state index in [0.29, 0.717) is 22.7 Å². The maximum absolute atomic E-state index is 12.1. The molecule has 1 N–H and O–H groups in total. The average molecular weight is 259 g/mol. The van der Waals surface area contributed by atoms with Crippen LogP contribution >= 0.6 is 0 Å². The SMILES string of the molecule is CC1CCN(C(=O)Oc2c[c]nc3[nH]ncc23)CC1. The molecule has 19 heavy (non-hydrogen) atoms. The third kappa shape index (κ3) is 2.38. The van der Waals surface area contributed by atoms with Gasteiger partial charge in [-0.25, -0.2) is 9.78 Å². The summed E-state index contributed by atoms with van der Waals surface area (Å²) in [5.74, 6) is 1.13. The van der Waals surface area contributed by atoms with Gasteiger partial charge >= 0.3 is 6.09 Å². The van der Waals surface area contributed by atoms with Crippen molar-refractivity contribution in [2.45, 2.75) is 19.8 Å². The molecule has 3 heterocycles. The van der Waals surface area contributed by atoms with Gasteiger partial charge in [-0.3, -0.25) is 5.10 Å². The van der Waals surface area contributed by atoms with Crippen LogP contribution in [-0.4, -0.2) is 39.3 Å². The Morgan fingerprint density at radius 3 is 3.11 bits per heavy atom. The smallest absolute Gasteiger partial charge is 0.409 e. The summed E-state index contributed by atoms with van der Waals surface area (Å²) in [6.07, 6.45) is 6.02. The summed E-state index contributed by atoms with van der Waals surface area (Å²) in [5, 5.41) is 7.29. The van der Waals surface area contributed by atoms with E-state index in [1.807, 2.05) is 0 Å². The predicted octanol–water partition coefficient (Wildman–Crippen LogP) is 1.99. The maximum atomic E-state index is 12.1. The molecule has 1 amide bonds. The van der Waals surface area contributed by atoms with Crippen molar-refractivity contribution in [3.8, 4) is 5.75 Å². The molecule has 0 unspecified atom stereocenters. The zero-order valence-electron chi connectivity index (χ0n) is 10.7. The van der Waals surface area contributed by atoms with E-state index in [2.05, 4.69) is 28.3 Å². The Balaban J connectivity index is 1.74. The number of piperidine rings is 1. The van der Waals surface area contributed by atoms with Crippen LogP contribution in [0.15, 0.2) is 12.3 Å². The highest BCUT2D eigenvalue weighted by Gasteiger charge is 2.22. The van der Waals surface area contributed by atoms with Crippen LogP contribution in [0.4, 0.5) is 4.79 Å². The number of fused-ring (bicyclic) bond motifs is 1. The van der Waals surface area contributed by atoms with Crippen LogP contribution in [0.1, 0.15) is 19.8 Å². The topological polar surface area (TPSA) is 71.1 Å². The zero-order valence-corrected chi connectivity index (χ0v) is 10.7. The van der Waals surface area contributed by atoms with E-state index in [-0.39, 0.29) is 6.09 Å². The summed E-state index contributed by atoms with van der Waals surface area (Å²) < 4.78 is 5.42. The summed E-state index contributed by atoms with van der Waals surface area (Å²) in [6, 6.07) is 1.56. The number of likely N-dealkylation sites (tertiary alicyclic amines) is 1. The highest BCUT2D eigenvalue weighted by atomic mass is 16.6. The molecule has 1 aliphatic heterocycles. The van der Waals surface area contributed by atoms with Crippen molar-refractivity contribution in [3.63, 3.8) is 0 Å². The van der Waals surface area contributed by atoms with E-state index < -0.39 is 0 Å². The number of nitrogens with zero attached hydrogens (tertiary/aromatic N) is 3. The summed E-state index contributed by atoms with van der Waals surface area (Å²) in [6.45, 7) is 3.71. The second kappa shape index (κ2) is 4.87. The Morgan fingerprint density at radius 2 is 2.32 bits per heavy atom. The Bertz CT molecular complexity index is 587. The van der Waals surface area contributed by atoms with Crippen LogP contribution in [-0.2, 0) is 0 Å². The number of aromatic nitrogens is 3. The molecule has 0 bridgehead atoms. The highest BCUT2D eigenvalue weighted by Crippen LogP contribution is 2.23. The van der Waals surface area contributed by atoms with E-state index in [4.69, 9.17) is 4.74 Å². The fraction of sp³-hybridized carbons (Fsp3) is 0.462. The number of carbonyl (C=O) groups excluding carboxylic acids is 1. The van der Waals surface area contributed by atoms with Gasteiger partial charge < -0.3 is 9.64 Å². The fourth-order valence-corrected chi connectivity index (χ4v) is 2.21. The molecule has 1 fully saturated rings. The van der Waals surface area contributed by atoms with Gasteiger partial charge in [-0.05, 0) is 18.8 Å². The second-order valence-electron chi connectivity index (χ2n) is 4.92. The van der Waals surface area contributed by atoms with Crippen molar-refractivity contribution >= 4 is 17.1 Å². The number of pyridine rings is 1. The molecule has 0 aromatic carbocycles. The molecule has 2 aromatic rings. The summed E-state index contributed by atoms with van der Waals surface area (Å²) in [5.41, 5.74) is 0.567. The molecule has 1 saturated heterocycles. The number of hydrogen-bond acceptors (Lipinski definition) is 4. The van der Waals surface area contributed by atoms with Gasteiger partial charge in [0, 0.05) is 19.2 Å². The number of aromatic amines is 1. The van der Waals surface area contributed by atoms with Crippen LogP contribution in [0, 0.1) is 12.1 Å². The molecule has 0 saturated carbocycles. The minimum Gasteiger partial charge on any atom is -0.409 e. The van der Waals surface area contributed by atoms with Crippen molar-refractivity contribution in [3.05, 3.63) is 18.5 Å². The van der Waals surface area contributed by atoms with Gasteiger partial charge in [-0.15, -0.1) is 0 Å². The van der Waals surface area contributed by atoms with Crippen LogP contribution in [0.3, 0.4) is 0 Å². The molecule has 6 heteroatoms. The normalized spacial score (nSPS) is 16.8. The summed E-state index contributed by atoms with van der Waals surface area (Å²) in [7, 11) is 0. The molecular weight excluding hydrogens is 244 g/mol. The lowest BCUT2D eigenvalue weighted by Gasteiger charge is -2.29. The molecule has 3 rings (SSSR count). The summed E-state index contributed by atoms with van der Waals surface area (Å²) in [4.78, 5) is 17.8. The van der Waals surface area contributed by atoms with Crippen molar-refractivity contribution in [1.82, 2.24) is 20.1 Å².